The summed E-state index contributed by atoms with van der Waals surface area (Å²) in [5.41, 5.74) is 1.96. The van der Waals surface area contributed by atoms with Crippen molar-refractivity contribution in [1.82, 2.24) is 4.98 Å². The third-order valence-electron chi connectivity index (χ3n) is 3.18. The number of carbonyl (C=O) groups excluding carboxylic acids is 1. The van der Waals surface area contributed by atoms with Crippen molar-refractivity contribution in [2.75, 3.05) is 17.7 Å². The summed E-state index contributed by atoms with van der Waals surface area (Å²) in [6.07, 6.45) is 3.04. The average molecular weight is 299 g/mol. The predicted molar refractivity (Wildman–Crippen MR) is 88.1 cm³/mol. The van der Waals surface area contributed by atoms with E-state index < -0.39 is 0 Å². The minimum Gasteiger partial charge on any atom is -0.496 e. The molecule has 2 aromatic rings. The molecule has 5 heteroatoms. The molecule has 0 saturated heterocycles. The van der Waals surface area contributed by atoms with Crippen LogP contribution in [-0.4, -0.2) is 18.0 Å². The lowest BCUT2D eigenvalue weighted by molar-refractivity contribution is -0.116. The normalized spacial score (nSPS) is 10.1. The van der Waals surface area contributed by atoms with Crippen LogP contribution >= 0.6 is 0 Å². The molecule has 0 fully saturated rings. The second-order valence-corrected chi connectivity index (χ2v) is 4.90. The molecule has 1 aromatic heterocycles. The van der Waals surface area contributed by atoms with E-state index in [1.807, 2.05) is 37.3 Å². The van der Waals surface area contributed by atoms with Gasteiger partial charge in [-0.1, -0.05) is 25.1 Å². The van der Waals surface area contributed by atoms with Crippen LogP contribution in [0, 0.1) is 0 Å². The predicted octanol–water partition coefficient (Wildman–Crippen LogP) is 3.44. The molecule has 0 saturated carbocycles. The number of ether oxygens (including phenoxy) is 1. The molecule has 1 aromatic carbocycles. The molecule has 2 N–H and O–H groups in total. The molecule has 0 aliphatic rings. The van der Waals surface area contributed by atoms with Crippen LogP contribution in [0.3, 0.4) is 0 Å². The average Bonchev–Trinajstić information content (AvgIpc) is 2.54. The van der Waals surface area contributed by atoms with E-state index in [0.717, 1.165) is 23.4 Å². The quantitative estimate of drug-likeness (QED) is 0.822. The molecular formula is C17H21N3O2. The second kappa shape index (κ2) is 8.02. The van der Waals surface area contributed by atoms with Crippen molar-refractivity contribution < 1.29 is 9.53 Å². The summed E-state index contributed by atoms with van der Waals surface area (Å²) in [4.78, 5) is 15.7. The zero-order valence-electron chi connectivity index (χ0n) is 12.9. The Morgan fingerprint density at radius 2 is 2.05 bits per heavy atom. The number of methoxy groups -OCH3 is 1. The van der Waals surface area contributed by atoms with E-state index >= 15 is 0 Å². The number of anilines is 2. The number of rotatable bonds is 7. The molecule has 0 aliphatic carbocycles. The zero-order chi connectivity index (χ0) is 15.8. The summed E-state index contributed by atoms with van der Waals surface area (Å²) in [5.74, 6) is 1.41. The fourth-order valence-electron chi connectivity index (χ4n) is 2.05. The fraction of sp³-hybridized carbons (Fsp3) is 0.294. The van der Waals surface area contributed by atoms with Gasteiger partial charge in [0.1, 0.15) is 11.6 Å². The van der Waals surface area contributed by atoms with Crippen LogP contribution in [0.1, 0.15) is 25.3 Å². The summed E-state index contributed by atoms with van der Waals surface area (Å²) in [5, 5.41) is 6.05. The maximum atomic E-state index is 11.5. The van der Waals surface area contributed by atoms with Crippen LogP contribution in [0.5, 0.6) is 5.75 Å². The fourth-order valence-corrected chi connectivity index (χ4v) is 2.05. The molecule has 0 bridgehead atoms. The Balaban J connectivity index is 1.92. The Morgan fingerprint density at radius 1 is 1.23 bits per heavy atom. The summed E-state index contributed by atoms with van der Waals surface area (Å²) in [7, 11) is 1.66. The Labute approximate surface area is 130 Å². The van der Waals surface area contributed by atoms with Crippen LogP contribution in [0.2, 0.25) is 0 Å². The number of nitrogens with one attached hydrogen (secondary N) is 2. The van der Waals surface area contributed by atoms with E-state index in [4.69, 9.17) is 4.74 Å². The van der Waals surface area contributed by atoms with Crippen LogP contribution in [0.4, 0.5) is 11.5 Å². The van der Waals surface area contributed by atoms with Crippen molar-refractivity contribution in [3.8, 4) is 5.75 Å². The van der Waals surface area contributed by atoms with Gasteiger partial charge in [0.15, 0.2) is 0 Å². The highest BCUT2D eigenvalue weighted by Crippen LogP contribution is 2.19. The molecule has 0 aliphatic heterocycles. The monoisotopic (exact) mass is 299 g/mol. The van der Waals surface area contributed by atoms with Gasteiger partial charge in [-0.05, 0) is 24.6 Å². The van der Waals surface area contributed by atoms with Gasteiger partial charge in [-0.3, -0.25) is 4.79 Å². The molecule has 116 valence electrons. The molecule has 0 atom stereocenters. The van der Waals surface area contributed by atoms with Crippen molar-refractivity contribution >= 4 is 17.4 Å². The maximum Gasteiger partial charge on any atom is 0.225 e. The number of hydrogen-bond acceptors (Lipinski definition) is 4. The number of benzene rings is 1. The number of para-hydroxylation sites is 1. The highest BCUT2D eigenvalue weighted by molar-refractivity contribution is 5.89. The van der Waals surface area contributed by atoms with Crippen molar-refractivity contribution in [3.05, 3.63) is 48.2 Å². The topological polar surface area (TPSA) is 63.2 Å². The van der Waals surface area contributed by atoms with Gasteiger partial charge >= 0.3 is 0 Å². The number of nitrogens with zero attached hydrogens (tertiary/aromatic N) is 1. The van der Waals surface area contributed by atoms with Gasteiger partial charge < -0.3 is 15.4 Å². The van der Waals surface area contributed by atoms with Gasteiger partial charge in [-0.25, -0.2) is 4.98 Å². The molecule has 5 nitrogen and oxygen atoms in total. The van der Waals surface area contributed by atoms with Gasteiger partial charge in [-0.15, -0.1) is 0 Å². The van der Waals surface area contributed by atoms with Crippen LogP contribution in [-0.2, 0) is 11.3 Å². The lowest BCUT2D eigenvalue weighted by Crippen LogP contribution is -2.11. The number of pyridine rings is 1. The van der Waals surface area contributed by atoms with Gasteiger partial charge in [0, 0.05) is 18.5 Å². The second-order valence-electron chi connectivity index (χ2n) is 4.90. The van der Waals surface area contributed by atoms with Gasteiger partial charge in [0.2, 0.25) is 5.91 Å². The largest absolute Gasteiger partial charge is 0.496 e. The smallest absolute Gasteiger partial charge is 0.225 e. The van der Waals surface area contributed by atoms with E-state index in [-0.39, 0.29) is 5.91 Å². The summed E-state index contributed by atoms with van der Waals surface area (Å²) in [6, 6.07) is 11.5. The lowest BCUT2D eigenvalue weighted by Gasteiger charge is -2.10. The van der Waals surface area contributed by atoms with Crippen molar-refractivity contribution in [1.29, 1.82) is 0 Å². The van der Waals surface area contributed by atoms with Gasteiger partial charge in [0.05, 0.1) is 19.0 Å². The molecular weight excluding hydrogens is 278 g/mol. The third kappa shape index (κ3) is 4.48. The highest BCUT2D eigenvalue weighted by Gasteiger charge is 2.03. The number of carbonyl (C=O) groups is 1. The van der Waals surface area contributed by atoms with E-state index in [1.54, 1.807) is 19.4 Å². The number of aromatic nitrogens is 1. The Kier molecular flexibility index (Phi) is 5.77. The molecule has 1 heterocycles. The first-order chi connectivity index (χ1) is 10.7. The summed E-state index contributed by atoms with van der Waals surface area (Å²) >= 11 is 0. The van der Waals surface area contributed by atoms with Crippen molar-refractivity contribution in [3.63, 3.8) is 0 Å². The zero-order valence-corrected chi connectivity index (χ0v) is 12.9. The SMILES string of the molecule is CCCC(=O)Nc1ccc(NCc2ccccc2OC)cn1. The van der Waals surface area contributed by atoms with E-state index in [9.17, 15) is 4.79 Å². The van der Waals surface area contributed by atoms with Crippen LogP contribution < -0.4 is 15.4 Å². The van der Waals surface area contributed by atoms with E-state index in [0.29, 0.717) is 18.8 Å². The summed E-state index contributed by atoms with van der Waals surface area (Å²) in [6.45, 7) is 2.62. The highest BCUT2D eigenvalue weighted by atomic mass is 16.5. The third-order valence-corrected chi connectivity index (χ3v) is 3.18. The number of hydrogen-bond donors (Lipinski definition) is 2. The van der Waals surface area contributed by atoms with Crippen LogP contribution in [0.15, 0.2) is 42.6 Å². The maximum absolute atomic E-state index is 11.5. The molecule has 0 spiro atoms. The Morgan fingerprint density at radius 3 is 2.73 bits per heavy atom. The molecule has 0 unspecified atom stereocenters. The summed E-state index contributed by atoms with van der Waals surface area (Å²) < 4.78 is 5.32. The van der Waals surface area contributed by atoms with Gasteiger partial charge in [0.25, 0.3) is 0 Å². The number of amides is 1. The molecule has 22 heavy (non-hydrogen) atoms. The molecule has 1 amide bonds. The molecule has 0 radical (unpaired) electrons. The Bertz CT molecular complexity index is 612. The van der Waals surface area contributed by atoms with E-state index in [1.165, 1.54) is 0 Å². The van der Waals surface area contributed by atoms with Crippen molar-refractivity contribution in [2.45, 2.75) is 26.3 Å². The van der Waals surface area contributed by atoms with Crippen molar-refractivity contribution in [2.24, 2.45) is 0 Å². The Hall–Kier alpha value is -2.56. The standard InChI is InChI=1S/C17H21N3O2/c1-3-6-17(21)20-16-10-9-14(12-19-16)18-11-13-7-4-5-8-15(13)22-2/h4-5,7-10,12,18H,3,6,11H2,1-2H3,(H,19,20,21). The van der Waals surface area contributed by atoms with E-state index in [2.05, 4.69) is 15.6 Å². The first kappa shape index (κ1) is 15.8. The minimum atomic E-state index is -0.00951. The first-order valence-corrected chi connectivity index (χ1v) is 7.34. The first-order valence-electron chi connectivity index (χ1n) is 7.34. The molecule has 2 rings (SSSR count). The van der Waals surface area contributed by atoms with Gasteiger partial charge in [-0.2, -0.15) is 0 Å². The minimum absolute atomic E-state index is 0.00951. The van der Waals surface area contributed by atoms with Crippen LogP contribution in [0.25, 0.3) is 0 Å². The lowest BCUT2D eigenvalue weighted by atomic mass is 10.2.